The van der Waals surface area contributed by atoms with Crippen molar-refractivity contribution >= 4 is 32.6 Å². The molecule has 1 nitrogen and oxygen atoms in total. The summed E-state index contributed by atoms with van der Waals surface area (Å²) in [4.78, 5) is 0. The van der Waals surface area contributed by atoms with Gasteiger partial charge < -0.3 is 4.57 Å². The van der Waals surface area contributed by atoms with Gasteiger partial charge in [-0.3, -0.25) is 0 Å². The van der Waals surface area contributed by atoms with E-state index in [-0.39, 0.29) is 0 Å². The number of hydrogen-bond donors (Lipinski definition) is 0. The molecule has 0 spiro atoms. The lowest BCUT2D eigenvalue weighted by molar-refractivity contribution is 1.20. The Balaban J connectivity index is 1.84. The zero-order valence-corrected chi connectivity index (χ0v) is 15.9. The Morgan fingerprint density at radius 1 is 0.448 bits per heavy atom. The van der Waals surface area contributed by atoms with Crippen LogP contribution in [0.25, 0.3) is 49.4 Å². The normalized spacial score (nSPS) is 11.4. The minimum atomic E-state index is 1.22. The lowest BCUT2D eigenvalue weighted by Gasteiger charge is -2.14. The van der Waals surface area contributed by atoms with Crippen molar-refractivity contribution in [1.82, 2.24) is 4.57 Å². The third-order valence-corrected chi connectivity index (χ3v) is 5.79. The van der Waals surface area contributed by atoms with Crippen molar-refractivity contribution in [2.75, 3.05) is 0 Å². The monoisotopic (exact) mass is 369 g/mol. The summed E-state index contributed by atoms with van der Waals surface area (Å²) in [6.45, 7) is 0. The average molecular weight is 369 g/mol. The summed E-state index contributed by atoms with van der Waals surface area (Å²) in [6.07, 6.45) is 0. The highest BCUT2D eigenvalue weighted by atomic mass is 15.0. The molecule has 1 aromatic heterocycles. The fraction of sp³-hybridized carbons (Fsp3) is 0. The second kappa shape index (κ2) is 6.35. The Kier molecular flexibility index (Phi) is 3.54. The maximum Gasteiger partial charge on any atom is 0.0619 e. The molecule has 1 heteroatoms. The lowest BCUT2D eigenvalue weighted by Crippen LogP contribution is -1.96. The van der Waals surface area contributed by atoms with Crippen LogP contribution in [0, 0.1) is 0 Å². The van der Waals surface area contributed by atoms with Crippen LogP contribution in [-0.4, -0.2) is 4.57 Å². The van der Waals surface area contributed by atoms with E-state index in [4.69, 9.17) is 0 Å². The summed E-state index contributed by atoms with van der Waals surface area (Å²) < 4.78 is 2.44. The molecule has 0 bridgehead atoms. The topological polar surface area (TPSA) is 4.93 Å². The van der Waals surface area contributed by atoms with Gasteiger partial charge in [-0.2, -0.15) is 0 Å². The molecule has 1 heterocycles. The summed E-state index contributed by atoms with van der Waals surface area (Å²) in [5.74, 6) is 0. The SMILES string of the molecule is c1ccc(-c2cccc3c4ccccc4n(-c4cccc5ccccc45)c23)cc1. The molecule has 29 heavy (non-hydrogen) atoms. The standard InChI is InChI=1S/C28H19N/c1-2-10-21(11-3-1)23-16-9-17-25-24-15-6-7-18-27(24)29(28(23)25)26-19-8-13-20-12-4-5-14-22(20)26/h1-19H. The quantitative estimate of drug-likeness (QED) is 0.296. The van der Waals surface area contributed by atoms with Gasteiger partial charge in [-0.15, -0.1) is 0 Å². The second-order valence-electron chi connectivity index (χ2n) is 7.42. The molecule has 0 amide bonds. The van der Waals surface area contributed by atoms with Crippen LogP contribution in [-0.2, 0) is 0 Å². The third-order valence-electron chi connectivity index (χ3n) is 5.79. The molecule has 0 atom stereocenters. The minimum absolute atomic E-state index is 1.22. The molecule has 0 radical (unpaired) electrons. The van der Waals surface area contributed by atoms with Gasteiger partial charge in [0.25, 0.3) is 0 Å². The Morgan fingerprint density at radius 3 is 2.00 bits per heavy atom. The number of para-hydroxylation sites is 2. The van der Waals surface area contributed by atoms with E-state index in [2.05, 4.69) is 120 Å². The molecule has 0 fully saturated rings. The molecule has 0 aliphatic heterocycles. The number of rotatable bonds is 2. The van der Waals surface area contributed by atoms with Gasteiger partial charge >= 0.3 is 0 Å². The minimum Gasteiger partial charge on any atom is -0.308 e. The molecule has 0 aliphatic carbocycles. The van der Waals surface area contributed by atoms with Crippen molar-refractivity contribution in [3.8, 4) is 16.8 Å². The lowest BCUT2D eigenvalue weighted by atomic mass is 10.0. The third kappa shape index (κ3) is 2.41. The fourth-order valence-corrected chi connectivity index (χ4v) is 4.52. The summed E-state index contributed by atoms with van der Waals surface area (Å²) in [6, 6.07) is 41.3. The van der Waals surface area contributed by atoms with E-state index in [9.17, 15) is 0 Å². The summed E-state index contributed by atoms with van der Waals surface area (Å²) in [7, 11) is 0. The van der Waals surface area contributed by atoms with Gasteiger partial charge in [0, 0.05) is 21.7 Å². The van der Waals surface area contributed by atoms with Crippen molar-refractivity contribution in [2.45, 2.75) is 0 Å². The van der Waals surface area contributed by atoms with Crippen LogP contribution in [0.3, 0.4) is 0 Å². The predicted molar refractivity (Wildman–Crippen MR) is 124 cm³/mol. The van der Waals surface area contributed by atoms with E-state index in [1.165, 1.54) is 49.4 Å². The highest BCUT2D eigenvalue weighted by molar-refractivity contribution is 6.14. The van der Waals surface area contributed by atoms with Crippen LogP contribution in [0.5, 0.6) is 0 Å². The zero-order valence-electron chi connectivity index (χ0n) is 15.9. The molecule has 0 unspecified atom stereocenters. The van der Waals surface area contributed by atoms with Crippen molar-refractivity contribution in [2.24, 2.45) is 0 Å². The molecular weight excluding hydrogens is 350 g/mol. The second-order valence-corrected chi connectivity index (χ2v) is 7.42. The van der Waals surface area contributed by atoms with Crippen LogP contribution < -0.4 is 0 Å². The molecular formula is C28H19N. The van der Waals surface area contributed by atoms with E-state index < -0.39 is 0 Å². The van der Waals surface area contributed by atoms with Crippen LogP contribution in [0.15, 0.2) is 115 Å². The predicted octanol–water partition coefficient (Wildman–Crippen LogP) is 7.60. The maximum absolute atomic E-state index is 2.44. The van der Waals surface area contributed by atoms with Crippen LogP contribution in [0.2, 0.25) is 0 Å². The summed E-state index contributed by atoms with van der Waals surface area (Å²) in [5, 5.41) is 5.09. The first-order valence-corrected chi connectivity index (χ1v) is 9.97. The first-order chi connectivity index (χ1) is 14.4. The Hall–Kier alpha value is -3.84. The average Bonchev–Trinajstić information content (AvgIpc) is 3.14. The number of nitrogens with zero attached hydrogens (tertiary/aromatic N) is 1. The van der Waals surface area contributed by atoms with Gasteiger partial charge in [0.1, 0.15) is 0 Å². The van der Waals surface area contributed by atoms with Crippen molar-refractivity contribution < 1.29 is 0 Å². The van der Waals surface area contributed by atoms with Crippen LogP contribution in [0.1, 0.15) is 0 Å². The number of benzene rings is 5. The Labute approximate surface area is 169 Å². The molecule has 0 saturated carbocycles. The van der Waals surface area contributed by atoms with E-state index >= 15 is 0 Å². The molecule has 136 valence electrons. The van der Waals surface area contributed by atoms with Gasteiger partial charge in [0.15, 0.2) is 0 Å². The highest BCUT2D eigenvalue weighted by Gasteiger charge is 2.17. The summed E-state index contributed by atoms with van der Waals surface area (Å²) in [5.41, 5.74) is 6.21. The first kappa shape index (κ1) is 16.1. The molecule has 0 N–H and O–H groups in total. The maximum atomic E-state index is 2.44. The molecule has 0 saturated heterocycles. The van der Waals surface area contributed by atoms with E-state index in [1.807, 2.05) is 0 Å². The Bertz CT molecular complexity index is 1480. The Morgan fingerprint density at radius 2 is 1.10 bits per heavy atom. The van der Waals surface area contributed by atoms with Gasteiger partial charge in [-0.25, -0.2) is 0 Å². The molecule has 6 rings (SSSR count). The molecule has 0 aliphatic rings. The van der Waals surface area contributed by atoms with Gasteiger partial charge in [0.2, 0.25) is 0 Å². The van der Waals surface area contributed by atoms with Crippen LogP contribution >= 0.6 is 0 Å². The number of aromatic nitrogens is 1. The van der Waals surface area contributed by atoms with Crippen molar-refractivity contribution in [3.05, 3.63) is 115 Å². The van der Waals surface area contributed by atoms with Gasteiger partial charge in [0.05, 0.1) is 16.7 Å². The fourth-order valence-electron chi connectivity index (χ4n) is 4.52. The number of fused-ring (bicyclic) bond motifs is 4. The summed E-state index contributed by atoms with van der Waals surface area (Å²) >= 11 is 0. The van der Waals surface area contributed by atoms with E-state index in [0.717, 1.165) is 0 Å². The highest BCUT2D eigenvalue weighted by Crippen LogP contribution is 2.39. The smallest absolute Gasteiger partial charge is 0.0619 e. The largest absolute Gasteiger partial charge is 0.308 e. The molecule has 6 aromatic rings. The number of hydrogen-bond acceptors (Lipinski definition) is 0. The van der Waals surface area contributed by atoms with Crippen molar-refractivity contribution in [1.29, 1.82) is 0 Å². The van der Waals surface area contributed by atoms with Gasteiger partial charge in [-0.05, 0) is 23.1 Å². The van der Waals surface area contributed by atoms with Crippen LogP contribution in [0.4, 0.5) is 0 Å². The van der Waals surface area contributed by atoms with E-state index in [1.54, 1.807) is 0 Å². The zero-order chi connectivity index (χ0) is 19.2. The van der Waals surface area contributed by atoms with E-state index in [0.29, 0.717) is 0 Å². The van der Waals surface area contributed by atoms with Gasteiger partial charge in [-0.1, -0.05) is 103 Å². The first-order valence-electron chi connectivity index (χ1n) is 9.97. The molecule has 5 aromatic carbocycles. The van der Waals surface area contributed by atoms with Crippen molar-refractivity contribution in [3.63, 3.8) is 0 Å².